The topological polar surface area (TPSA) is 78.2 Å². The first-order chi connectivity index (χ1) is 16.0. The van der Waals surface area contributed by atoms with Gasteiger partial charge in [-0.3, -0.25) is 4.79 Å². The average molecular weight is 448 g/mol. The van der Waals surface area contributed by atoms with Gasteiger partial charge in [0.2, 0.25) is 0 Å². The molecule has 2 aliphatic heterocycles. The van der Waals surface area contributed by atoms with Crippen LogP contribution in [0.3, 0.4) is 0 Å². The zero-order valence-corrected chi connectivity index (χ0v) is 19.0. The fourth-order valence-corrected chi connectivity index (χ4v) is 4.11. The summed E-state index contributed by atoms with van der Waals surface area (Å²) >= 11 is 0. The summed E-state index contributed by atoms with van der Waals surface area (Å²) in [6, 6.07) is 6.94. The van der Waals surface area contributed by atoms with Crippen LogP contribution in [0.5, 0.6) is 17.2 Å². The molecule has 0 atom stereocenters. The van der Waals surface area contributed by atoms with Crippen molar-refractivity contribution < 1.29 is 14.2 Å². The molecule has 4 heterocycles. The van der Waals surface area contributed by atoms with Crippen LogP contribution in [-0.4, -0.2) is 76.0 Å². The molecule has 2 aromatic heterocycles. The molecule has 0 aliphatic carbocycles. The van der Waals surface area contributed by atoms with E-state index >= 15 is 0 Å². The van der Waals surface area contributed by atoms with Gasteiger partial charge in [0.05, 0.1) is 0 Å². The van der Waals surface area contributed by atoms with Crippen molar-refractivity contribution in [2.75, 3.05) is 18.0 Å². The minimum Gasteiger partial charge on any atom is -0.501 e. The lowest BCUT2D eigenvalue weighted by molar-refractivity contribution is 0.0609. The second kappa shape index (κ2) is 8.03. The quantitative estimate of drug-likeness (QED) is 0.541. The predicted molar refractivity (Wildman–Crippen MR) is 131 cm³/mol. The van der Waals surface area contributed by atoms with Gasteiger partial charge in [-0.1, -0.05) is 0 Å². The Kier molecular flexibility index (Phi) is 5.37. The van der Waals surface area contributed by atoms with Gasteiger partial charge in [0.25, 0.3) is 5.56 Å². The lowest BCUT2D eigenvalue weighted by atomic mass is 9.41. The largest absolute Gasteiger partial charge is 0.501 e. The summed E-state index contributed by atoms with van der Waals surface area (Å²) < 4.78 is 18.6. The molecule has 8 nitrogen and oxygen atoms in total. The maximum Gasteiger partial charge on any atom is 0.277 e. The number of nitrogens with zero attached hydrogens (tertiary/aromatic N) is 4. The maximum atomic E-state index is 12.5. The molecule has 1 fully saturated rings. The van der Waals surface area contributed by atoms with E-state index in [1.165, 1.54) is 4.52 Å². The number of ether oxygens (including phenoxy) is 3. The fraction of sp³-hybridized carbons (Fsp3) is 0.409. The maximum absolute atomic E-state index is 12.5. The third-order valence-corrected chi connectivity index (χ3v) is 6.16. The number of fused-ring (bicyclic) bond motifs is 2. The fourth-order valence-electron chi connectivity index (χ4n) is 4.11. The predicted octanol–water partition coefficient (Wildman–Crippen LogP) is 0.507. The van der Waals surface area contributed by atoms with E-state index in [9.17, 15) is 4.79 Å². The molecule has 0 spiro atoms. The number of aryl methyl sites for hydroxylation is 2. The molecule has 0 amide bonds. The van der Waals surface area contributed by atoms with Gasteiger partial charge in [-0.25, -0.2) is 4.98 Å². The van der Waals surface area contributed by atoms with E-state index in [1.54, 1.807) is 31.3 Å². The van der Waals surface area contributed by atoms with E-state index in [2.05, 4.69) is 15.0 Å². The van der Waals surface area contributed by atoms with E-state index in [1.807, 2.05) is 13.0 Å². The van der Waals surface area contributed by atoms with Crippen LogP contribution in [0.4, 0.5) is 5.82 Å². The molecular formula is C22H20B4N4O4. The van der Waals surface area contributed by atoms with Crippen molar-refractivity contribution in [1.82, 2.24) is 14.6 Å². The third-order valence-electron chi connectivity index (χ3n) is 6.16. The zero-order valence-electron chi connectivity index (χ0n) is 19.0. The van der Waals surface area contributed by atoms with Crippen LogP contribution in [0.2, 0.25) is 0 Å². The van der Waals surface area contributed by atoms with Crippen molar-refractivity contribution in [2.45, 2.75) is 43.6 Å². The summed E-state index contributed by atoms with van der Waals surface area (Å²) in [5, 5.41) is 0.824. The van der Waals surface area contributed by atoms with E-state index < -0.39 is 10.8 Å². The van der Waals surface area contributed by atoms with Crippen LogP contribution < -0.4 is 24.7 Å². The van der Waals surface area contributed by atoms with Gasteiger partial charge in [-0.2, -0.15) is 4.52 Å². The highest BCUT2D eigenvalue weighted by atomic mass is 16.6. The van der Waals surface area contributed by atoms with Crippen LogP contribution in [0, 0.1) is 13.8 Å². The van der Waals surface area contributed by atoms with Crippen molar-refractivity contribution in [3.8, 4) is 17.2 Å². The molecule has 12 heteroatoms. The summed E-state index contributed by atoms with van der Waals surface area (Å²) in [7, 11) is 23.3. The molecule has 1 aromatic carbocycles. The van der Waals surface area contributed by atoms with Crippen LogP contribution in [0.25, 0.3) is 5.65 Å². The molecule has 0 unspecified atom stereocenters. The van der Waals surface area contributed by atoms with E-state index in [0.29, 0.717) is 28.5 Å². The second-order valence-corrected chi connectivity index (χ2v) is 8.87. The minimum atomic E-state index is -1.90. The summed E-state index contributed by atoms with van der Waals surface area (Å²) in [6.07, 6.45) is 3.08. The lowest BCUT2D eigenvalue weighted by Crippen LogP contribution is -2.65. The Morgan fingerprint density at radius 1 is 1.00 bits per heavy atom. The smallest absolute Gasteiger partial charge is 0.277 e. The van der Waals surface area contributed by atoms with Crippen LogP contribution >= 0.6 is 0 Å². The number of aromatic nitrogens is 3. The standard InChI is InChI=1S/C22H20B4N4O4/c1-12-9-18-27-11-13(2)20(31)30(18)28-19(12)29-7-5-14(6-8-29)32-15-3-4-16-17(10-15)34-22(25,26)21(23,24)33-16/h3-4,9-11,14H,5-8H2,1-2H3. The summed E-state index contributed by atoms with van der Waals surface area (Å²) in [6.45, 7) is 5.14. The highest BCUT2D eigenvalue weighted by Gasteiger charge is 2.43. The van der Waals surface area contributed by atoms with Gasteiger partial charge in [0.1, 0.15) is 43.2 Å². The Morgan fingerprint density at radius 3 is 2.38 bits per heavy atom. The Bertz CT molecular complexity index is 1320. The highest BCUT2D eigenvalue weighted by molar-refractivity contribution is 6.53. The van der Waals surface area contributed by atoms with Gasteiger partial charge >= 0.3 is 0 Å². The molecule has 164 valence electrons. The number of anilines is 1. The third kappa shape index (κ3) is 3.93. The van der Waals surface area contributed by atoms with Gasteiger partial charge in [-0.15, -0.1) is 5.10 Å². The van der Waals surface area contributed by atoms with Crippen LogP contribution in [-0.2, 0) is 0 Å². The first kappa shape index (κ1) is 22.7. The molecule has 0 N–H and O–H groups in total. The summed E-state index contributed by atoms with van der Waals surface area (Å²) in [4.78, 5) is 18.9. The average Bonchev–Trinajstić information content (AvgIpc) is 2.77. The molecule has 8 radical (unpaired) electrons. The second-order valence-electron chi connectivity index (χ2n) is 8.87. The van der Waals surface area contributed by atoms with E-state index in [0.717, 1.165) is 37.3 Å². The van der Waals surface area contributed by atoms with Gasteiger partial charge in [-0.05, 0) is 37.6 Å². The Labute approximate surface area is 202 Å². The van der Waals surface area contributed by atoms with Crippen LogP contribution in [0.1, 0.15) is 24.0 Å². The molecule has 2 aliphatic rings. The molecule has 1 saturated heterocycles. The van der Waals surface area contributed by atoms with Crippen LogP contribution in [0.15, 0.2) is 35.3 Å². The number of piperidine rings is 1. The highest BCUT2D eigenvalue weighted by Crippen LogP contribution is 2.41. The molecular weight excluding hydrogens is 428 g/mol. The molecule has 5 rings (SSSR count). The molecule has 0 bridgehead atoms. The van der Waals surface area contributed by atoms with Gasteiger partial charge in [0, 0.05) is 54.6 Å². The van der Waals surface area contributed by atoms with Gasteiger partial charge < -0.3 is 19.1 Å². The number of benzene rings is 1. The van der Waals surface area contributed by atoms with E-state index in [-0.39, 0.29) is 11.7 Å². The zero-order chi connectivity index (χ0) is 24.3. The summed E-state index contributed by atoms with van der Waals surface area (Å²) in [5.74, 6) is 1.99. The van der Waals surface area contributed by atoms with Crippen molar-refractivity contribution in [2.24, 2.45) is 0 Å². The Balaban J connectivity index is 1.28. The van der Waals surface area contributed by atoms with Crippen molar-refractivity contribution in [3.63, 3.8) is 0 Å². The first-order valence-corrected chi connectivity index (χ1v) is 11.0. The van der Waals surface area contributed by atoms with Crippen molar-refractivity contribution >= 4 is 42.9 Å². The van der Waals surface area contributed by atoms with Gasteiger partial charge in [0.15, 0.2) is 23.0 Å². The van der Waals surface area contributed by atoms with E-state index in [4.69, 9.17) is 45.6 Å². The Morgan fingerprint density at radius 2 is 1.68 bits per heavy atom. The molecule has 3 aromatic rings. The normalized spacial score (nSPS) is 19.2. The summed E-state index contributed by atoms with van der Waals surface area (Å²) in [5.41, 5.74) is 1.89. The van der Waals surface area contributed by atoms with Crippen molar-refractivity contribution in [3.05, 3.63) is 51.9 Å². The minimum absolute atomic E-state index is 0.0187. The Hall–Kier alpha value is -3.03. The molecule has 34 heavy (non-hydrogen) atoms. The lowest BCUT2D eigenvalue weighted by Gasteiger charge is -2.48. The number of rotatable bonds is 3. The molecule has 0 saturated carbocycles. The van der Waals surface area contributed by atoms with Crippen molar-refractivity contribution in [1.29, 1.82) is 0 Å². The number of hydrogen-bond acceptors (Lipinski definition) is 7. The monoisotopic (exact) mass is 448 g/mol. The number of hydrogen-bond donors (Lipinski definition) is 0. The SMILES string of the molecule is [B]C1([B])Oc2ccc(OC3CCN(c4nn5c(=O)c(C)cnc5cc4C)CC3)cc2OC1([B])[B]. The first-order valence-electron chi connectivity index (χ1n) is 11.0.